The molecule has 7 nitrogen and oxygen atoms in total. The molecule has 4 aromatic rings. The van der Waals surface area contributed by atoms with Gasteiger partial charge in [0.15, 0.2) is 10.7 Å². The second-order valence-electron chi connectivity index (χ2n) is 7.11. The van der Waals surface area contributed by atoms with Crippen molar-refractivity contribution in [1.29, 1.82) is 0 Å². The summed E-state index contributed by atoms with van der Waals surface area (Å²) in [6.07, 6.45) is 0. The Morgan fingerprint density at radius 2 is 1.88 bits per heavy atom. The SMILES string of the molecule is COc1ccc(-c2nc3ccccc3o2)cc1NC(=S)NC(=O)c1cc(Br)cc(C)c1OC. The van der Waals surface area contributed by atoms with E-state index in [-0.39, 0.29) is 5.11 Å². The minimum Gasteiger partial charge on any atom is -0.496 e. The third-order valence-corrected chi connectivity index (χ3v) is 5.57. The van der Waals surface area contributed by atoms with Crippen LogP contribution in [0.4, 0.5) is 5.69 Å². The van der Waals surface area contributed by atoms with E-state index in [1.165, 1.54) is 7.11 Å². The average molecular weight is 526 g/mol. The van der Waals surface area contributed by atoms with E-state index in [1.807, 2.05) is 43.3 Å². The second-order valence-corrected chi connectivity index (χ2v) is 8.44. The van der Waals surface area contributed by atoms with Crippen LogP contribution in [-0.4, -0.2) is 30.2 Å². The fourth-order valence-corrected chi connectivity index (χ4v) is 4.20. The molecule has 0 saturated heterocycles. The molecule has 0 aliphatic heterocycles. The number of thiocarbonyl (C=S) groups is 1. The van der Waals surface area contributed by atoms with Crippen molar-refractivity contribution in [2.45, 2.75) is 6.92 Å². The number of hydrogen-bond donors (Lipinski definition) is 2. The molecule has 33 heavy (non-hydrogen) atoms. The van der Waals surface area contributed by atoms with Crippen LogP contribution in [0.1, 0.15) is 15.9 Å². The van der Waals surface area contributed by atoms with E-state index in [4.69, 9.17) is 26.1 Å². The predicted molar refractivity (Wildman–Crippen MR) is 135 cm³/mol. The first-order valence-corrected chi connectivity index (χ1v) is 11.1. The lowest BCUT2D eigenvalue weighted by Gasteiger charge is -2.15. The fourth-order valence-electron chi connectivity index (χ4n) is 3.43. The number of rotatable bonds is 5. The molecule has 0 bridgehead atoms. The molecule has 1 aromatic heterocycles. The molecule has 0 radical (unpaired) electrons. The fraction of sp³-hybridized carbons (Fsp3) is 0.125. The van der Waals surface area contributed by atoms with E-state index < -0.39 is 5.91 Å². The molecule has 9 heteroatoms. The third kappa shape index (κ3) is 4.84. The highest BCUT2D eigenvalue weighted by Gasteiger charge is 2.18. The number of fused-ring (bicyclic) bond motifs is 1. The van der Waals surface area contributed by atoms with Crippen molar-refractivity contribution in [3.8, 4) is 23.0 Å². The Morgan fingerprint density at radius 1 is 1.09 bits per heavy atom. The van der Waals surface area contributed by atoms with Gasteiger partial charge in [0.25, 0.3) is 5.91 Å². The summed E-state index contributed by atoms with van der Waals surface area (Å²) in [5.41, 5.74) is 3.93. The zero-order valence-corrected chi connectivity index (χ0v) is 20.5. The van der Waals surface area contributed by atoms with Crippen LogP contribution >= 0.6 is 28.1 Å². The number of benzene rings is 3. The van der Waals surface area contributed by atoms with E-state index in [9.17, 15) is 4.79 Å². The zero-order valence-electron chi connectivity index (χ0n) is 18.1. The van der Waals surface area contributed by atoms with E-state index >= 15 is 0 Å². The molecular weight excluding hydrogens is 506 g/mol. The quantitative estimate of drug-likeness (QED) is 0.322. The van der Waals surface area contributed by atoms with Crippen molar-refractivity contribution in [3.05, 3.63) is 70.2 Å². The van der Waals surface area contributed by atoms with Crippen molar-refractivity contribution in [1.82, 2.24) is 10.3 Å². The maximum atomic E-state index is 12.9. The Hall–Kier alpha value is -3.43. The molecule has 0 atom stereocenters. The Labute approximate surface area is 204 Å². The van der Waals surface area contributed by atoms with Gasteiger partial charge in [-0.25, -0.2) is 4.98 Å². The third-order valence-electron chi connectivity index (χ3n) is 4.90. The van der Waals surface area contributed by atoms with E-state index in [1.54, 1.807) is 25.3 Å². The summed E-state index contributed by atoms with van der Waals surface area (Å²) < 4.78 is 17.5. The summed E-state index contributed by atoms with van der Waals surface area (Å²) in [5.74, 6) is 1.09. The van der Waals surface area contributed by atoms with E-state index in [0.717, 1.165) is 21.1 Å². The van der Waals surface area contributed by atoms with Crippen molar-refractivity contribution < 1.29 is 18.7 Å². The van der Waals surface area contributed by atoms with Crippen LogP contribution in [0, 0.1) is 6.92 Å². The summed E-state index contributed by atoms with van der Waals surface area (Å²) >= 11 is 8.80. The first-order chi connectivity index (χ1) is 15.9. The summed E-state index contributed by atoms with van der Waals surface area (Å²) in [7, 11) is 3.07. The molecule has 1 heterocycles. The Balaban J connectivity index is 1.57. The lowest BCUT2D eigenvalue weighted by molar-refractivity contribution is 0.0974. The van der Waals surface area contributed by atoms with Gasteiger partial charge in [0.05, 0.1) is 25.5 Å². The van der Waals surface area contributed by atoms with Gasteiger partial charge in [0, 0.05) is 10.0 Å². The maximum Gasteiger partial charge on any atom is 0.261 e. The van der Waals surface area contributed by atoms with Gasteiger partial charge < -0.3 is 19.2 Å². The van der Waals surface area contributed by atoms with Crippen molar-refractivity contribution in [2.24, 2.45) is 0 Å². The number of amides is 1. The Morgan fingerprint density at radius 3 is 2.61 bits per heavy atom. The maximum absolute atomic E-state index is 12.9. The molecule has 0 fully saturated rings. The lowest BCUT2D eigenvalue weighted by atomic mass is 10.1. The number of halogens is 1. The number of aryl methyl sites for hydroxylation is 1. The Bertz CT molecular complexity index is 1340. The topological polar surface area (TPSA) is 85.6 Å². The Kier molecular flexibility index (Phi) is 6.62. The van der Waals surface area contributed by atoms with Gasteiger partial charge in [-0.2, -0.15) is 0 Å². The molecule has 1 amide bonds. The normalized spacial score (nSPS) is 10.7. The van der Waals surface area contributed by atoms with Crippen LogP contribution in [0.25, 0.3) is 22.6 Å². The molecule has 0 aliphatic rings. The van der Waals surface area contributed by atoms with Crippen molar-refractivity contribution in [2.75, 3.05) is 19.5 Å². The van der Waals surface area contributed by atoms with Crippen LogP contribution in [0.2, 0.25) is 0 Å². The van der Waals surface area contributed by atoms with Crippen LogP contribution in [0.5, 0.6) is 11.5 Å². The van der Waals surface area contributed by atoms with Crippen molar-refractivity contribution in [3.63, 3.8) is 0 Å². The van der Waals surface area contributed by atoms with Crippen LogP contribution in [0.3, 0.4) is 0 Å². The van der Waals surface area contributed by atoms with Gasteiger partial charge in [-0.15, -0.1) is 0 Å². The van der Waals surface area contributed by atoms with Gasteiger partial charge >= 0.3 is 0 Å². The molecule has 0 spiro atoms. The molecule has 0 aliphatic carbocycles. The van der Waals surface area contributed by atoms with Crippen LogP contribution in [0.15, 0.2) is 63.5 Å². The van der Waals surface area contributed by atoms with Gasteiger partial charge in [-0.05, 0) is 67.2 Å². The largest absolute Gasteiger partial charge is 0.496 e. The predicted octanol–water partition coefficient (Wildman–Crippen LogP) is 5.71. The number of ether oxygens (including phenoxy) is 2. The molecule has 2 N–H and O–H groups in total. The number of hydrogen-bond acceptors (Lipinski definition) is 6. The first-order valence-electron chi connectivity index (χ1n) is 9.90. The average Bonchev–Trinajstić information content (AvgIpc) is 3.23. The minimum atomic E-state index is -0.400. The highest BCUT2D eigenvalue weighted by atomic mass is 79.9. The molecule has 3 aromatic carbocycles. The number of oxazole rings is 1. The number of nitrogens with zero attached hydrogens (tertiary/aromatic N) is 1. The number of nitrogens with one attached hydrogen (secondary N) is 2. The highest BCUT2D eigenvalue weighted by Crippen LogP contribution is 2.32. The van der Waals surface area contributed by atoms with Gasteiger partial charge in [-0.1, -0.05) is 28.1 Å². The summed E-state index contributed by atoms with van der Waals surface area (Å²) in [5, 5.41) is 5.82. The highest BCUT2D eigenvalue weighted by molar-refractivity contribution is 9.10. The number of carbonyl (C=O) groups excluding carboxylic acids is 1. The molecule has 0 unspecified atom stereocenters. The number of carbonyl (C=O) groups is 1. The standard InChI is InChI=1S/C24H20BrN3O4S/c1-13-10-15(25)12-16(21(13)31-3)22(29)28-24(33)27-18-11-14(8-9-19(18)30-2)23-26-17-6-4-5-7-20(17)32-23/h4-12H,1-3H3,(H2,27,28,29,33). The number of anilines is 1. The van der Waals surface area contributed by atoms with E-state index in [2.05, 4.69) is 31.5 Å². The van der Waals surface area contributed by atoms with Crippen molar-refractivity contribution >= 4 is 56.0 Å². The minimum absolute atomic E-state index is 0.104. The number of para-hydroxylation sites is 2. The van der Waals surface area contributed by atoms with Gasteiger partial charge in [0.1, 0.15) is 17.0 Å². The lowest BCUT2D eigenvalue weighted by Crippen LogP contribution is -2.34. The van der Waals surface area contributed by atoms with E-state index in [0.29, 0.717) is 34.2 Å². The monoisotopic (exact) mass is 525 g/mol. The second kappa shape index (κ2) is 9.60. The zero-order chi connectivity index (χ0) is 23.5. The molecule has 0 saturated carbocycles. The summed E-state index contributed by atoms with van der Waals surface area (Å²) in [4.78, 5) is 17.4. The van der Waals surface area contributed by atoms with Crippen LogP contribution in [-0.2, 0) is 0 Å². The molecular formula is C24H20BrN3O4S. The molecule has 4 rings (SSSR count). The summed E-state index contributed by atoms with van der Waals surface area (Å²) in [6, 6.07) is 16.5. The summed E-state index contributed by atoms with van der Waals surface area (Å²) in [6.45, 7) is 1.86. The first kappa shape index (κ1) is 22.8. The van der Waals surface area contributed by atoms with Crippen LogP contribution < -0.4 is 20.1 Å². The number of aromatic nitrogens is 1. The van der Waals surface area contributed by atoms with Gasteiger partial charge in [0.2, 0.25) is 5.89 Å². The van der Waals surface area contributed by atoms with Gasteiger partial charge in [-0.3, -0.25) is 10.1 Å². The number of methoxy groups -OCH3 is 2. The molecule has 168 valence electrons. The smallest absolute Gasteiger partial charge is 0.261 e.